The summed E-state index contributed by atoms with van der Waals surface area (Å²) >= 11 is 0. The molecule has 0 saturated heterocycles. The Morgan fingerprint density at radius 2 is 1.59 bits per heavy atom. The zero-order valence-electron chi connectivity index (χ0n) is 27.5. The molecule has 230 valence electrons. The van der Waals surface area contributed by atoms with Crippen molar-refractivity contribution in [1.29, 1.82) is 0 Å². The van der Waals surface area contributed by atoms with Crippen LogP contribution in [-0.2, 0) is 6.42 Å². The summed E-state index contributed by atoms with van der Waals surface area (Å²) in [6.45, 7) is 13.2. The lowest BCUT2D eigenvalue weighted by Crippen LogP contribution is -2.01. The number of hydrogen-bond donors (Lipinski definition) is 0. The molecule has 4 aromatic carbocycles. The summed E-state index contributed by atoms with van der Waals surface area (Å²) in [4.78, 5) is 4.82. The first-order valence-corrected chi connectivity index (χ1v) is 16.2. The molecule has 7 aromatic rings. The van der Waals surface area contributed by atoms with Crippen molar-refractivity contribution in [1.82, 2.24) is 19.3 Å². The summed E-state index contributed by atoms with van der Waals surface area (Å²) in [5.41, 5.74) is 10.5. The highest BCUT2D eigenvalue weighted by atomic mass is 16.5. The minimum atomic E-state index is 0.424. The fraction of sp³-hybridized carbons (Fsp3) is 0.220. The number of para-hydroxylation sites is 1. The third kappa shape index (κ3) is 5.58. The van der Waals surface area contributed by atoms with E-state index in [9.17, 15) is 0 Å². The maximum atomic E-state index is 6.58. The van der Waals surface area contributed by atoms with Crippen molar-refractivity contribution in [3.63, 3.8) is 0 Å². The molecule has 0 aliphatic carbocycles. The van der Waals surface area contributed by atoms with Gasteiger partial charge in [-0.1, -0.05) is 64.1 Å². The van der Waals surface area contributed by atoms with E-state index in [0.717, 1.165) is 51.6 Å². The highest BCUT2D eigenvalue weighted by Crippen LogP contribution is 2.36. The summed E-state index contributed by atoms with van der Waals surface area (Å²) in [5.74, 6) is 3.45. The maximum Gasteiger partial charge on any atom is 0.137 e. The van der Waals surface area contributed by atoms with E-state index < -0.39 is 0 Å². The monoisotopic (exact) mass is 604 g/mol. The minimum Gasteiger partial charge on any atom is -0.457 e. The molecule has 7 rings (SSSR count). The Morgan fingerprint density at radius 3 is 2.41 bits per heavy atom. The normalized spacial score (nSPS) is 11.7. The molecule has 0 saturated carbocycles. The number of ether oxygens (including phenoxy) is 1. The standard InChI is InChI=1S/C41H40N4O/c1-26(2)18-30-16-17-42-40(21-30)45-38-13-8-7-11-36(38)37-15-14-33(23-39(37)45)46-34-20-28(5)19-32(22-34)44-25-31(24-43-44)41-29(6)10-9-12-35(41)27(3)4/h7-17,19-27H,18H2,1-6H3. The Hall–Kier alpha value is -5.16. The maximum absolute atomic E-state index is 6.58. The van der Waals surface area contributed by atoms with Crippen molar-refractivity contribution in [2.75, 3.05) is 0 Å². The van der Waals surface area contributed by atoms with Crippen molar-refractivity contribution < 1.29 is 4.74 Å². The van der Waals surface area contributed by atoms with Crippen molar-refractivity contribution >= 4 is 21.8 Å². The molecule has 0 N–H and O–H groups in total. The summed E-state index contributed by atoms with van der Waals surface area (Å²) in [7, 11) is 0. The Bertz CT molecular complexity index is 2200. The number of aryl methyl sites for hydroxylation is 2. The number of benzene rings is 4. The molecule has 0 radical (unpaired) electrons. The van der Waals surface area contributed by atoms with Crippen LogP contribution in [0.2, 0.25) is 0 Å². The number of rotatable bonds is 8. The lowest BCUT2D eigenvalue weighted by Gasteiger charge is -2.14. The summed E-state index contributed by atoms with van der Waals surface area (Å²) < 4.78 is 10.8. The van der Waals surface area contributed by atoms with Crippen LogP contribution >= 0.6 is 0 Å². The third-order valence-electron chi connectivity index (χ3n) is 8.66. The van der Waals surface area contributed by atoms with Crippen LogP contribution in [0.15, 0.2) is 110 Å². The van der Waals surface area contributed by atoms with Gasteiger partial charge in [-0.3, -0.25) is 4.57 Å². The first kappa shape index (κ1) is 29.5. The number of aromatic nitrogens is 4. The van der Waals surface area contributed by atoms with E-state index in [-0.39, 0.29) is 0 Å². The van der Waals surface area contributed by atoms with Gasteiger partial charge in [0.25, 0.3) is 0 Å². The summed E-state index contributed by atoms with van der Waals surface area (Å²) in [5, 5.41) is 7.15. The number of nitrogens with zero attached hydrogens (tertiary/aromatic N) is 4. The first-order chi connectivity index (χ1) is 22.2. The van der Waals surface area contributed by atoms with Crippen LogP contribution in [0.25, 0.3) is 44.4 Å². The molecule has 0 spiro atoms. The van der Waals surface area contributed by atoms with Gasteiger partial charge in [0.1, 0.15) is 17.3 Å². The Morgan fingerprint density at radius 1 is 0.761 bits per heavy atom. The topological polar surface area (TPSA) is 44.9 Å². The van der Waals surface area contributed by atoms with Crippen LogP contribution < -0.4 is 4.74 Å². The Labute approximate surface area is 271 Å². The molecular formula is C41H40N4O. The van der Waals surface area contributed by atoms with Gasteiger partial charge >= 0.3 is 0 Å². The largest absolute Gasteiger partial charge is 0.457 e. The van der Waals surface area contributed by atoms with Crippen LogP contribution in [-0.4, -0.2) is 19.3 Å². The fourth-order valence-electron chi connectivity index (χ4n) is 6.66. The zero-order valence-corrected chi connectivity index (χ0v) is 27.5. The van der Waals surface area contributed by atoms with Crippen LogP contribution in [0.5, 0.6) is 11.5 Å². The molecule has 0 unspecified atom stereocenters. The number of hydrogen-bond acceptors (Lipinski definition) is 3. The molecule has 0 aliphatic heterocycles. The molecule has 3 heterocycles. The molecule has 0 aliphatic rings. The predicted molar refractivity (Wildman–Crippen MR) is 190 cm³/mol. The minimum absolute atomic E-state index is 0.424. The van der Waals surface area contributed by atoms with Gasteiger partial charge in [-0.2, -0.15) is 5.10 Å². The number of fused-ring (bicyclic) bond motifs is 3. The molecule has 5 heteroatoms. The van der Waals surface area contributed by atoms with Crippen LogP contribution in [0.3, 0.4) is 0 Å². The summed E-state index contributed by atoms with van der Waals surface area (Å²) in [6.07, 6.45) is 7.02. The van der Waals surface area contributed by atoms with Crippen LogP contribution in [0.1, 0.15) is 55.9 Å². The van der Waals surface area contributed by atoms with Crippen LogP contribution in [0, 0.1) is 19.8 Å². The molecule has 0 bridgehead atoms. The highest BCUT2D eigenvalue weighted by molar-refractivity contribution is 6.09. The average molecular weight is 605 g/mol. The summed E-state index contributed by atoms with van der Waals surface area (Å²) in [6, 6.07) is 32.0. The first-order valence-electron chi connectivity index (χ1n) is 16.2. The Balaban J connectivity index is 1.26. The Kier molecular flexibility index (Phi) is 7.69. The SMILES string of the molecule is Cc1cc(Oc2ccc3c4ccccc4n(-c4cc(CC(C)C)ccn4)c3c2)cc(-n2cc(-c3c(C)cccc3C(C)C)cn2)c1. The van der Waals surface area contributed by atoms with Gasteiger partial charge in [0, 0.05) is 40.9 Å². The molecule has 0 fully saturated rings. The third-order valence-corrected chi connectivity index (χ3v) is 8.66. The lowest BCUT2D eigenvalue weighted by atomic mass is 9.91. The van der Waals surface area contributed by atoms with Crippen LogP contribution in [0.4, 0.5) is 0 Å². The molecule has 0 atom stereocenters. The molecule has 46 heavy (non-hydrogen) atoms. The van der Waals surface area contributed by atoms with Gasteiger partial charge in [-0.25, -0.2) is 9.67 Å². The quantitative estimate of drug-likeness (QED) is 0.173. The van der Waals surface area contributed by atoms with E-state index >= 15 is 0 Å². The van der Waals surface area contributed by atoms with Gasteiger partial charge in [0.05, 0.1) is 22.9 Å². The van der Waals surface area contributed by atoms with Crippen molar-refractivity contribution in [2.24, 2.45) is 5.92 Å². The van der Waals surface area contributed by atoms with Gasteiger partial charge in [-0.05, 0) is 102 Å². The second-order valence-corrected chi connectivity index (χ2v) is 13.1. The van der Waals surface area contributed by atoms with Crippen molar-refractivity contribution in [2.45, 2.75) is 53.9 Å². The average Bonchev–Trinajstić information content (AvgIpc) is 3.63. The zero-order chi connectivity index (χ0) is 31.9. The predicted octanol–water partition coefficient (Wildman–Crippen LogP) is 10.8. The van der Waals surface area contributed by atoms with E-state index in [1.807, 2.05) is 17.1 Å². The smallest absolute Gasteiger partial charge is 0.137 e. The molecule has 5 nitrogen and oxygen atoms in total. The van der Waals surface area contributed by atoms with E-state index in [2.05, 4.69) is 143 Å². The van der Waals surface area contributed by atoms with E-state index in [1.54, 1.807) is 0 Å². The molecule has 0 amide bonds. The second-order valence-electron chi connectivity index (χ2n) is 13.1. The second kappa shape index (κ2) is 12.0. The van der Waals surface area contributed by atoms with Crippen molar-refractivity contribution in [3.05, 3.63) is 132 Å². The van der Waals surface area contributed by atoms with Gasteiger partial charge in [0.2, 0.25) is 0 Å². The van der Waals surface area contributed by atoms with Gasteiger partial charge in [-0.15, -0.1) is 0 Å². The lowest BCUT2D eigenvalue weighted by molar-refractivity contribution is 0.482. The van der Waals surface area contributed by atoms with E-state index in [0.29, 0.717) is 11.8 Å². The number of pyridine rings is 1. The van der Waals surface area contributed by atoms with Gasteiger partial charge in [0.15, 0.2) is 0 Å². The van der Waals surface area contributed by atoms with Crippen molar-refractivity contribution in [3.8, 4) is 34.1 Å². The fourth-order valence-corrected chi connectivity index (χ4v) is 6.66. The van der Waals surface area contributed by atoms with E-state index in [4.69, 9.17) is 14.8 Å². The molecule has 3 aromatic heterocycles. The van der Waals surface area contributed by atoms with Gasteiger partial charge < -0.3 is 4.74 Å². The van der Waals surface area contributed by atoms with E-state index in [1.165, 1.54) is 33.0 Å². The highest BCUT2D eigenvalue weighted by Gasteiger charge is 2.16. The molecular weight excluding hydrogens is 564 g/mol.